The molecule has 2 rings (SSSR count). The lowest BCUT2D eigenvalue weighted by Gasteiger charge is -2.01. The standard InChI is InChI=1S/C15H22N4O2/c1-3-5-7-12-10(14(20)18-16-12)9-11-13(8-6-4-2)17-19-15(11)21/h9H,3-8H2,1-2H3,(H,18,20)(H2,17,19,21)/b10-9-. The molecule has 0 saturated heterocycles. The van der Waals surface area contributed by atoms with E-state index in [1.807, 2.05) is 0 Å². The molecular weight excluding hydrogens is 268 g/mol. The number of hydrazone groups is 1. The number of hydrogen-bond donors (Lipinski definition) is 3. The van der Waals surface area contributed by atoms with Crippen molar-refractivity contribution in [2.24, 2.45) is 5.10 Å². The molecule has 1 aromatic rings. The van der Waals surface area contributed by atoms with Gasteiger partial charge < -0.3 is 5.10 Å². The van der Waals surface area contributed by atoms with Gasteiger partial charge in [0, 0.05) is 5.69 Å². The van der Waals surface area contributed by atoms with Gasteiger partial charge in [0.25, 0.3) is 11.5 Å². The van der Waals surface area contributed by atoms with Crippen molar-refractivity contribution < 1.29 is 4.79 Å². The first-order valence-electron chi connectivity index (χ1n) is 7.55. The van der Waals surface area contributed by atoms with Gasteiger partial charge in [0.1, 0.15) is 0 Å². The first-order chi connectivity index (χ1) is 10.2. The molecule has 0 unspecified atom stereocenters. The summed E-state index contributed by atoms with van der Waals surface area (Å²) in [6.45, 7) is 4.19. The molecule has 1 amide bonds. The number of aromatic amines is 2. The third-order valence-corrected chi connectivity index (χ3v) is 3.58. The lowest BCUT2D eigenvalue weighted by Crippen LogP contribution is -2.14. The molecule has 0 atom stereocenters. The van der Waals surface area contributed by atoms with E-state index < -0.39 is 0 Å². The van der Waals surface area contributed by atoms with Crippen molar-refractivity contribution in [1.29, 1.82) is 0 Å². The van der Waals surface area contributed by atoms with E-state index in [1.165, 1.54) is 0 Å². The summed E-state index contributed by atoms with van der Waals surface area (Å²) in [5.74, 6) is -0.233. The monoisotopic (exact) mass is 290 g/mol. The van der Waals surface area contributed by atoms with E-state index in [1.54, 1.807) is 6.08 Å². The largest absolute Gasteiger partial charge is 0.302 e. The van der Waals surface area contributed by atoms with Gasteiger partial charge in [-0.05, 0) is 31.8 Å². The topological polar surface area (TPSA) is 90.1 Å². The van der Waals surface area contributed by atoms with E-state index in [0.717, 1.165) is 49.9 Å². The molecule has 0 aliphatic carbocycles. The Bertz CT molecular complexity index is 622. The van der Waals surface area contributed by atoms with Crippen molar-refractivity contribution in [3.63, 3.8) is 0 Å². The Morgan fingerprint density at radius 1 is 1.05 bits per heavy atom. The number of hydrogen-bond acceptors (Lipinski definition) is 3. The number of H-pyrrole nitrogens is 2. The van der Waals surface area contributed by atoms with Crippen LogP contribution < -0.4 is 11.0 Å². The average molecular weight is 290 g/mol. The summed E-state index contributed by atoms with van der Waals surface area (Å²) in [7, 11) is 0. The van der Waals surface area contributed by atoms with Crippen molar-refractivity contribution in [1.82, 2.24) is 15.6 Å². The van der Waals surface area contributed by atoms with Crippen LogP contribution in [0.1, 0.15) is 57.2 Å². The number of unbranched alkanes of at least 4 members (excludes halogenated alkanes) is 2. The second kappa shape index (κ2) is 7.06. The summed E-state index contributed by atoms with van der Waals surface area (Å²) in [6, 6.07) is 0. The van der Waals surface area contributed by atoms with Crippen LogP contribution in [0.4, 0.5) is 0 Å². The number of aromatic nitrogens is 2. The number of nitrogens with one attached hydrogen (secondary N) is 3. The van der Waals surface area contributed by atoms with Crippen LogP contribution in [0.25, 0.3) is 6.08 Å². The molecule has 1 aliphatic rings. The van der Waals surface area contributed by atoms with Crippen LogP contribution in [-0.4, -0.2) is 21.8 Å². The number of carbonyl (C=O) groups excluding carboxylic acids is 1. The summed E-state index contributed by atoms with van der Waals surface area (Å²) in [6.07, 6.45) is 7.24. The minimum absolute atomic E-state index is 0.192. The number of rotatable bonds is 7. The van der Waals surface area contributed by atoms with Gasteiger partial charge in [-0.3, -0.25) is 14.7 Å². The van der Waals surface area contributed by atoms with Crippen LogP contribution in [-0.2, 0) is 11.2 Å². The van der Waals surface area contributed by atoms with Gasteiger partial charge in [-0.1, -0.05) is 26.7 Å². The van der Waals surface area contributed by atoms with Gasteiger partial charge in [-0.25, -0.2) is 5.43 Å². The van der Waals surface area contributed by atoms with Gasteiger partial charge in [0.15, 0.2) is 0 Å². The second-order valence-corrected chi connectivity index (χ2v) is 5.24. The smallest absolute Gasteiger partial charge is 0.273 e. The third kappa shape index (κ3) is 3.51. The maximum Gasteiger partial charge on any atom is 0.273 e. The highest BCUT2D eigenvalue weighted by Gasteiger charge is 2.23. The van der Waals surface area contributed by atoms with Gasteiger partial charge >= 0.3 is 0 Å². The summed E-state index contributed by atoms with van der Waals surface area (Å²) in [5.41, 5.74) is 4.93. The summed E-state index contributed by atoms with van der Waals surface area (Å²) in [5, 5.41) is 9.56. The highest BCUT2D eigenvalue weighted by molar-refractivity contribution is 6.27. The first kappa shape index (κ1) is 15.3. The zero-order valence-corrected chi connectivity index (χ0v) is 12.6. The lowest BCUT2D eigenvalue weighted by atomic mass is 10.0. The highest BCUT2D eigenvalue weighted by atomic mass is 16.2. The molecular formula is C15H22N4O2. The molecule has 0 radical (unpaired) electrons. The molecule has 0 bridgehead atoms. The summed E-state index contributed by atoms with van der Waals surface area (Å²) in [4.78, 5) is 23.8. The van der Waals surface area contributed by atoms with Gasteiger partial charge in [0.05, 0.1) is 16.8 Å². The van der Waals surface area contributed by atoms with Crippen LogP contribution in [0.5, 0.6) is 0 Å². The molecule has 2 heterocycles. The van der Waals surface area contributed by atoms with Gasteiger partial charge in [-0.2, -0.15) is 5.10 Å². The fourth-order valence-electron chi connectivity index (χ4n) is 2.31. The van der Waals surface area contributed by atoms with E-state index >= 15 is 0 Å². The molecule has 1 aromatic heterocycles. The number of amides is 1. The Balaban J connectivity index is 2.29. The minimum Gasteiger partial charge on any atom is -0.302 e. The molecule has 1 aliphatic heterocycles. The fourth-order valence-corrected chi connectivity index (χ4v) is 2.31. The van der Waals surface area contributed by atoms with Crippen LogP contribution in [0.15, 0.2) is 15.5 Å². The molecule has 0 fully saturated rings. The van der Waals surface area contributed by atoms with Crippen molar-refractivity contribution in [3.8, 4) is 0 Å². The average Bonchev–Trinajstić information content (AvgIpc) is 3.00. The minimum atomic E-state index is -0.233. The predicted octanol–water partition coefficient (Wildman–Crippen LogP) is 2.10. The van der Waals surface area contributed by atoms with E-state index in [2.05, 4.69) is 34.6 Å². The Morgan fingerprint density at radius 2 is 1.76 bits per heavy atom. The van der Waals surface area contributed by atoms with Crippen LogP contribution in [0.2, 0.25) is 0 Å². The highest BCUT2D eigenvalue weighted by Crippen LogP contribution is 2.16. The number of aryl methyl sites for hydroxylation is 1. The SMILES string of the molecule is CCCCC1=NNC(=O)/C1=C\c1c(CCCC)[nH][nH]c1=O. The number of carbonyl (C=O) groups is 1. The Labute approximate surface area is 123 Å². The number of nitrogens with zero attached hydrogens (tertiary/aromatic N) is 1. The second-order valence-electron chi connectivity index (χ2n) is 5.24. The van der Waals surface area contributed by atoms with E-state index in [9.17, 15) is 9.59 Å². The van der Waals surface area contributed by atoms with Gasteiger partial charge in [-0.15, -0.1) is 0 Å². The fraction of sp³-hybridized carbons (Fsp3) is 0.533. The molecule has 6 nitrogen and oxygen atoms in total. The van der Waals surface area contributed by atoms with E-state index in [0.29, 0.717) is 11.1 Å². The molecule has 0 aromatic carbocycles. The zero-order chi connectivity index (χ0) is 15.2. The lowest BCUT2D eigenvalue weighted by molar-refractivity contribution is -0.116. The summed E-state index contributed by atoms with van der Waals surface area (Å²) < 4.78 is 0. The maximum absolute atomic E-state index is 11.9. The Morgan fingerprint density at radius 3 is 2.48 bits per heavy atom. The molecule has 0 spiro atoms. The van der Waals surface area contributed by atoms with E-state index in [-0.39, 0.29) is 11.5 Å². The predicted molar refractivity (Wildman–Crippen MR) is 83.1 cm³/mol. The Kier molecular flexibility index (Phi) is 5.14. The molecule has 0 saturated carbocycles. The first-order valence-corrected chi connectivity index (χ1v) is 7.55. The molecule has 3 N–H and O–H groups in total. The Hall–Kier alpha value is -2.11. The third-order valence-electron chi connectivity index (χ3n) is 3.58. The van der Waals surface area contributed by atoms with Crippen LogP contribution in [0.3, 0.4) is 0 Å². The van der Waals surface area contributed by atoms with Crippen LogP contribution >= 0.6 is 0 Å². The van der Waals surface area contributed by atoms with Crippen LogP contribution in [0, 0.1) is 0 Å². The van der Waals surface area contributed by atoms with E-state index in [4.69, 9.17) is 0 Å². The van der Waals surface area contributed by atoms with Crippen molar-refractivity contribution in [2.75, 3.05) is 0 Å². The van der Waals surface area contributed by atoms with Gasteiger partial charge in [0.2, 0.25) is 0 Å². The van der Waals surface area contributed by atoms with Crippen molar-refractivity contribution >= 4 is 17.7 Å². The zero-order valence-electron chi connectivity index (χ0n) is 12.6. The molecule has 6 heteroatoms. The maximum atomic E-state index is 11.9. The molecule has 21 heavy (non-hydrogen) atoms. The van der Waals surface area contributed by atoms with Crippen molar-refractivity contribution in [2.45, 2.75) is 52.4 Å². The van der Waals surface area contributed by atoms with Crippen molar-refractivity contribution in [3.05, 3.63) is 27.2 Å². The summed E-state index contributed by atoms with van der Waals surface area (Å²) >= 11 is 0. The molecule has 114 valence electrons. The quantitative estimate of drug-likeness (QED) is 0.671. The normalized spacial score (nSPS) is 16.4.